The highest BCUT2D eigenvalue weighted by Gasteiger charge is 2.24. The van der Waals surface area contributed by atoms with Gasteiger partial charge in [0.1, 0.15) is 5.82 Å². The number of benzene rings is 1. The highest BCUT2D eigenvalue weighted by atomic mass is 35.5. The van der Waals surface area contributed by atoms with Crippen LogP contribution in [-0.2, 0) is 5.41 Å². The van der Waals surface area contributed by atoms with Crippen LogP contribution < -0.4 is 5.73 Å². The van der Waals surface area contributed by atoms with Crippen molar-refractivity contribution in [1.82, 2.24) is 4.90 Å². The van der Waals surface area contributed by atoms with Gasteiger partial charge in [-0.05, 0) is 37.0 Å². The lowest BCUT2D eigenvalue weighted by molar-refractivity contribution is 0.337. The maximum Gasteiger partial charge on any atom is 0.191 e. The van der Waals surface area contributed by atoms with Gasteiger partial charge < -0.3 is 10.6 Å². The Bertz CT molecular complexity index is 522. The molecule has 0 atom stereocenters. The number of nitrogens with two attached hydrogens (primary N) is 1. The molecular formula is C16H23ClFN3. The van der Waals surface area contributed by atoms with Gasteiger partial charge in [0.15, 0.2) is 5.96 Å². The molecule has 1 aromatic carbocycles. The molecule has 0 bridgehead atoms. The standard InChI is InChI=1S/C16H23ClFN3/c1-16(2,13-7-6-12(18)10-14(13)17)11-20-15(19)21-8-4-3-5-9-21/h6-7,10H,3-5,8-9,11H2,1-2H3,(H2,19,20). The second-order valence-electron chi connectivity index (χ2n) is 6.23. The van der Waals surface area contributed by atoms with Crippen LogP contribution in [0.3, 0.4) is 0 Å². The van der Waals surface area contributed by atoms with Crippen LogP contribution in [0.1, 0.15) is 38.7 Å². The van der Waals surface area contributed by atoms with Crippen molar-refractivity contribution in [3.05, 3.63) is 34.6 Å². The highest BCUT2D eigenvalue weighted by molar-refractivity contribution is 6.31. The monoisotopic (exact) mass is 311 g/mol. The predicted molar refractivity (Wildman–Crippen MR) is 86.3 cm³/mol. The fourth-order valence-corrected chi connectivity index (χ4v) is 3.05. The summed E-state index contributed by atoms with van der Waals surface area (Å²) in [6.07, 6.45) is 3.60. The molecule has 1 fully saturated rings. The van der Waals surface area contributed by atoms with Crippen LogP contribution >= 0.6 is 11.6 Å². The third-order valence-electron chi connectivity index (χ3n) is 3.98. The molecule has 0 aromatic heterocycles. The van der Waals surface area contributed by atoms with Crippen molar-refractivity contribution in [2.45, 2.75) is 38.5 Å². The van der Waals surface area contributed by atoms with Crippen LogP contribution in [0.15, 0.2) is 23.2 Å². The number of nitrogens with zero attached hydrogens (tertiary/aromatic N) is 2. The van der Waals surface area contributed by atoms with Gasteiger partial charge >= 0.3 is 0 Å². The summed E-state index contributed by atoms with van der Waals surface area (Å²) in [6.45, 7) is 6.57. The lowest BCUT2D eigenvalue weighted by Gasteiger charge is -2.29. The van der Waals surface area contributed by atoms with Gasteiger partial charge in [-0.15, -0.1) is 0 Å². The van der Waals surface area contributed by atoms with Gasteiger partial charge in [-0.25, -0.2) is 4.39 Å². The lowest BCUT2D eigenvalue weighted by atomic mass is 9.84. The van der Waals surface area contributed by atoms with Gasteiger partial charge in [-0.3, -0.25) is 4.99 Å². The maximum atomic E-state index is 13.2. The van der Waals surface area contributed by atoms with E-state index in [0.29, 0.717) is 17.5 Å². The van der Waals surface area contributed by atoms with E-state index in [2.05, 4.69) is 9.89 Å². The van der Waals surface area contributed by atoms with Crippen LogP contribution in [0.5, 0.6) is 0 Å². The molecule has 0 aliphatic carbocycles. The van der Waals surface area contributed by atoms with Gasteiger partial charge in [-0.2, -0.15) is 0 Å². The first kappa shape index (κ1) is 16.1. The second-order valence-corrected chi connectivity index (χ2v) is 6.64. The Morgan fingerprint density at radius 3 is 2.62 bits per heavy atom. The molecule has 0 spiro atoms. The minimum absolute atomic E-state index is 0.287. The molecule has 0 amide bonds. The first-order valence-corrected chi connectivity index (χ1v) is 7.78. The predicted octanol–water partition coefficient (Wildman–Crippen LogP) is 3.56. The van der Waals surface area contributed by atoms with Gasteiger partial charge in [0.05, 0.1) is 6.54 Å². The Hall–Kier alpha value is -1.29. The lowest BCUT2D eigenvalue weighted by Crippen LogP contribution is -2.41. The zero-order chi connectivity index (χ0) is 15.5. The van der Waals surface area contributed by atoms with E-state index in [9.17, 15) is 4.39 Å². The number of rotatable bonds is 3. The van der Waals surface area contributed by atoms with E-state index in [-0.39, 0.29) is 11.2 Å². The van der Waals surface area contributed by atoms with Crippen LogP contribution in [0.2, 0.25) is 5.02 Å². The molecule has 0 unspecified atom stereocenters. The summed E-state index contributed by atoms with van der Waals surface area (Å²) in [6, 6.07) is 4.50. The van der Waals surface area contributed by atoms with Gasteiger partial charge in [0.2, 0.25) is 0 Å². The molecule has 1 saturated heterocycles. The third-order valence-corrected chi connectivity index (χ3v) is 4.29. The molecule has 3 nitrogen and oxygen atoms in total. The largest absolute Gasteiger partial charge is 0.370 e. The van der Waals surface area contributed by atoms with Crippen molar-refractivity contribution in [3.8, 4) is 0 Å². The fraction of sp³-hybridized carbons (Fsp3) is 0.562. The quantitative estimate of drug-likeness (QED) is 0.685. The zero-order valence-corrected chi connectivity index (χ0v) is 13.5. The molecule has 0 radical (unpaired) electrons. The summed E-state index contributed by atoms with van der Waals surface area (Å²) >= 11 is 6.15. The van der Waals surface area contributed by atoms with Crippen molar-refractivity contribution >= 4 is 17.6 Å². The van der Waals surface area contributed by atoms with Gasteiger partial charge in [0, 0.05) is 23.5 Å². The van der Waals surface area contributed by atoms with E-state index >= 15 is 0 Å². The number of aliphatic imine (C=N–C) groups is 1. The number of likely N-dealkylation sites (tertiary alicyclic amines) is 1. The summed E-state index contributed by atoms with van der Waals surface area (Å²) in [5, 5.41) is 0.437. The van der Waals surface area contributed by atoms with Gasteiger partial charge in [0.25, 0.3) is 0 Å². The molecule has 116 valence electrons. The minimum Gasteiger partial charge on any atom is -0.370 e. The number of hydrogen-bond acceptors (Lipinski definition) is 1. The smallest absolute Gasteiger partial charge is 0.191 e. The van der Waals surface area contributed by atoms with Crippen molar-refractivity contribution in [3.63, 3.8) is 0 Å². The molecule has 5 heteroatoms. The molecule has 2 N–H and O–H groups in total. The number of halogens is 2. The molecule has 21 heavy (non-hydrogen) atoms. The van der Waals surface area contributed by atoms with Crippen molar-refractivity contribution in [1.29, 1.82) is 0 Å². The van der Waals surface area contributed by atoms with E-state index < -0.39 is 0 Å². The maximum absolute atomic E-state index is 13.2. The van der Waals surface area contributed by atoms with Crippen LogP contribution in [0, 0.1) is 5.82 Å². The van der Waals surface area contributed by atoms with E-state index in [0.717, 1.165) is 18.7 Å². The molecular weight excluding hydrogens is 289 g/mol. The molecule has 1 aromatic rings. The minimum atomic E-state index is -0.323. The zero-order valence-electron chi connectivity index (χ0n) is 12.7. The Balaban J connectivity index is 2.09. The molecule has 2 rings (SSSR count). The normalized spacial score (nSPS) is 17.1. The summed E-state index contributed by atoms with van der Waals surface area (Å²) in [7, 11) is 0. The average Bonchev–Trinajstić information content (AvgIpc) is 2.45. The first-order valence-electron chi connectivity index (χ1n) is 7.40. The number of piperidine rings is 1. The Kier molecular flexibility index (Phi) is 5.09. The highest BCUT2D eigenvalue weighted by Crippen LogP contribution is 2.30. The van der Waals surface area contributed by atoms with Crippen LogP contribution in [0.25, 0.3) is 0 Å². The summed E-state index contributed by atoms with van der Waals surface area (Å²) in [4.78, 5) is 6.66. The van der Waals surface area contributed by atoms with Crippen molar-refractivity contribution in [2.75, 3.05) is 19.6 Å². The molecule has 1 heterocycles. The summed E-state index contributed by atoms with van der Waals surface area (Å²) < 4.78 is 13.2. The van der Waals surface area contributed by atoms with E-state index in [1.807, 2.05) is 13.8 Å². The topological polar surface area (TPSA) is 41.6 Å². The Morgan fingerprint density at radius 1 is 1.33 bits per heavy atom. The van der Waals surface area contributed by atoms with Gasteiger partial charge in [-0.1, -0.05) is 31.5 Å². The Morgan fingerprint density at radius 2 is 2.00 bits per heavy atom. The first-order chi connectivity index (χ1) is 9.90. The summed E-state index contributed by atoms with van der Waals surface area (Å²) in [5.74, 6) is 0.275. The molecule has 1 aliphatic heterocycles. The third kappa shape index (κ3) is 4.10. The SMILES string of the molecule is CC(C)(CN=C(N)N1CCCCC1)c1ccc(F)cc1Cl. The second kappa shape index (κ2) is 6.65. The van der Waals surface area contributed by atoms with E-state index in [1.165, 1.54) is 31.4 Å². The van der Waals surface area contributed by atoms with Crippen LogP contribution in [0.4, 0.5) is 4.39 Å². The number of guanidine groups is 1. The molecule has 0 saturated carbocycles. The summed E-state index contributed by atoms with van der Waals surface area (Å²) in [5.41, 5.74) is 6.68. The van der Waals surface area contributed by atoms with E-state index in [1.54, 1.807) is 6.07 Å². The van der Waals surface area contributed by atoms with Crippen molar-refractivity contribution < 1.29 is 4.39 Å². The number of hydrogen-bond donors (Lipinski definition) is 1. The fourth-order valence-electron chi connectivity index (χ4n) is 2.63. The van der Waals surface area contributed by atoms with E-state index in [4.69, 9.17) is 17.3 Å². The van der Waals surface area contributed by atoms with Crippen molar-refractivity contribution in [2.24, 2.45) is 10.7 Å². The van der Waals surface area contributed by atoms with Crippen LogP contribution in [-0.4, -0.2) is 30.5 Å². The average molecular weight is 312 g/mol. The molecule has 1 aliphatic rings. The Labute approximate surface area is 131 Å².